The second kappa shape index (κ2) is 8.00. The smallest absolute Gasteiger partial charge is 0.253 e. The number of methoxy groups -OCH3 is 1. The lowest BCUT2D eigenvalue weighted by Gasteiger charge is -2.16. The van der Waals surface area contributed by atoms with Crippen molar-refractivity contribution in [1.82, 2.24) is 5.32 Å². The van der Waals surface area contributed by atoms with Crippen molar-refractivity contribution in [3.8, 4) is 0 Å². The summed E-state index contributed by atoms with van der Waals surface area (Å²) in [5.74, 6) is 0.109. The average molecular weight is 355 g/mol. The molecule has 0 aliphatic carbocycles. The van der Waals surface area contributed by atoms with E-state index in [2.05, 4.69) is 21.2 Å². The van der Waals surface area contributed by atoms with Crippen molar-refractivity contribution in [2.24, 2.45) is 0 Å². The molecular formula is C12H14BrCl2NO2. The molecule has 1 rings (SSSR count). The number of amides is 1. The summed E-state index contributed by atoms with van der Waals surface area (Å²) >= 11 is 15.1. The summed E-state index contributed by atoms with van der Waals surface area (Å²) in [4.78, 5) is 12.0. The number of hydrogen-bond donors (Lipinski definition) is 1. The first-order valence-corrected chi connectivity index (χ1v) is 7.09. The van der Waals surface area contributed by atoms with Crippen LogP contribution in [0.15, 0.2) is 22.7 Å². The van der Waals surface area contributed by atoms with Crippen LogP contribution in [0.25, 0.3) is 0 Å². The Morgan fingerprint density at radius 1 is 1.56 bits per heavy atom. The summed E-state index contributed by atoms with van der Waals surface area (Å²) in [6.45, 7) is 0.547. The maximum absolute atomic E-state index is 12.0. The van der Waals surface area contributed by atoms with Gasteiger partial charge in [0.05, 0.1) is 10.6 Å². The molecule has 0 saturated heterocycles. The van der Waals surface area contributed by atoms with E-state index < -0.39 is 0 Å². The Labute approximate surface area is 125 Å². The molecule has 1 unspecified atom stereocenters. The van der Waals surface area contributed by atoms with Crippen LogP contribution in [-0.2, 0) is 4.74 Å². The van der Waals surface area contributed by atoms with E-state index in [1.165, 1.54) is 0 Å². The highest BCUT2D eigenvalue weighted by molar-refractivity contribution is 9.10. The molecule has 3 nitrogen and oxygen atoms in total. The molecule has 18 heavy (non-hydrogen) atoms. The fraction of sp³-hybridized carbons (Fsp3) is 0.417. The minimum atomic E-state index is -0.228. The summed E-state index contributed by atoms with van der Waals surface area (Å²) in [5.41, 5.74) is 0.437. The lowest BCUT2D eigenvalue weighted by molar-refractivity contribution is 0.0930. The summed E-state index contributed by atoms with van der Waals surface area (Å²) in [7, 11) is 1.61. The normalized spacial score (nSPS) is 12.2. The van der Waals surface area contributed by atoms with E-state index in [9.17, 15) is 4.79 Å². The molecule has 0 radical (unpaired) electrons. The van der Waals surface area contributed by atoms with Gasteiger partial charge in [-0.2, -0.15) is 0 Å². The highest BCUT2D eigenvalue weighted by Crippen LogP contribution is 2.21. The predicted octanol–water partition coefficient (Wildman–Crippen LogP) is 3.48. The van der Waals surface area contributed by atoms with Crippen LogP contribution < -0.4 is 5.32 Å². The van der Waals surface area contributed by atoms with Crippen LogP contribution in [0.5, 0.6) is 0 Å². The SMILES string of the molecule is COCCC(CCl)NC(=O)c1ccc(Br)cc1Cl. The van der Waals surface area contributed by atoms with E-state index in [0.717, 1.165) is 4.47 Å². The highest BCUT2D eigenvalue weighted by atomic mass is 79.9. The predicted molar refractivity (Wildman–Crippen MR) is 77.6 cm³/mol. The monoisotopic (exact) mass is 353 g/mol. The number of nitrogens with one attached hydrogen (secondary N) is 1. The van der Waals surface area contributed by atoms with Gasteiger partial charge in [-0.15, -0.1) is 11.6 Å². The van der Waals surface area contributed by atoms with Gasteiger partial charge in [-0.1, -0.05) is 27.5 Å². The molecule has 0 spiro atoms. The molecule has 100 valence electrons. The first kappa shape index (κ1) is 15.8. The minimum Gasteiger partial charge on any atom is -0.385 e. The number of carbonyl (C=O) groups is 1. The number of carbonyl (C=O) groups excluding carboxylic acids is 1. The van der Waals surface area contributed by atoms with Crippen LogP contribution >= 0.6 is 39.1 Å². The van der Waals surface area contributed by atoms with Crippen molar-refractivity contribution >= 4 is 45.0 Å². The van der Waals surface area contributed by atoms with E-state index >= 15 is 0 Å². The molecule has 0 bridgehead atoms. The Morgan fingerprint density at radius 2 is 2.28 bits per heavy atom. The molecule has 1 N–H and O–H groups in total. The van der Waals surface area contributed by atoms with Gasteiger partial charge in [0.15, 0.2) is 0 Å². The molecule has 1 amide bonds. The zero-order valence-corrected chi connectivity index (χ0v) is 13.0. The van der Waals surface area contributed by atoms with Crippen LogP contribution in [0.2, 0.25) is 5.02 Å². The summed E-state index contributed by atoms with van der Waals surface area (Å²) < 4.78 is 5.79. The molecule has 1 aromatic rings. The Bertz CT molecular complexity index is 415. The third-order valence-electron chi connectivity index (χ3n) is 2.37. The van der Waals surface area contributed by atoms with Gasteiger partial charge in [-0.3, -0.25) is 4.79 Å². The quantitative estimate of drug-likeness (QED) is 0.794. The van der Waals surface area contributed by atoms with Gasteiger partial charge in [-0.05, 0) is 24.6 Å². The van der Waals surface area contributed by atoms with Crippen molar-refractivity contribution in [2.45, 2.75) is 12.5 Å². The van der Waals surface area contributed by atoms with Gasteiger partial charge in [0.25, 0.3) is 5.91 Å². The van der Waals surface area contributed by atoms with Gasteiger partial charge in [0.2, 0.25) is 0 Å². The molecule has 0 heterocycles. The van der Waals surface area contributed by atoms with E-state index in [-0.39, 0.29) is 11.9 Å². The summed E-state index contributed by atoms with van der Waals surface area (Å²) in [6.07, 6.45) is 0.667. The second-order valence-electron chi connectivity index (χ2n) is 3.73. The first-order chi connectivity index (χ1) is 8.58. The standard InChI is InChI=1S/C12H14BrCl2NO2/c1-18-5-4-9(7-14)16-12(17)10-3-2-8(13)6-11(10)15/h2-3,6,9H,4-5,7H2,1H3,(H,16,17). The summed E-state index contributed by atoms with van der Waals surface area (Å²) in [6, 6.07) is 5.00. The van der Waals surface area contributed by atoms with Crippen molar-refractivity contribution < 1.29 is 9.53 Å². The van der Waals surface area contributed by atoms with Crippen LogP contribution in [-0.4, -0.2) is 31.5 Å². The van der Waals surface area contributed by atoms with Gasteiger partial charge in [-0.25, -0.2) is 0 Å². The number of rotatable bonds is 6. The van der Waals surface area contributed by atoms with E-state index in [0.29, 0.717) is 29.5 Å². The molecule has 0 aromatic heterocycles. The maximum Gasteiger partial charge on any atom is 0.253 e. The van der Waals surface area contributed by atoms with Crippen LogP contribution in [0, 0.1) is 0 Å². The van der Waals surface area contributed by atoms with Gasteiger partial charge in [0.1, 0.15) is 0 Å². The van der Waals surface area contributed by atoms with Crippen LogP contribution in [0.4, 0.5) is 0 Å². The van der Waals surface area contributed by atoms with E-state index in [4.69, 9.17) is 27.9 Å². The second-order valence-corrected chi connectivity index (χ2v) is 5.36. The van der Waals surface area contributed by atoms with E-state index in [1.54, 1.807) is 25.3 Å². The minimum absolute atomic E-state index is 0.126. The zero-order valence-electron chi connectivity index (χ0n) is 9.88. The lowest BCUT2D eigenvalue weighted by Crippen LogP contribution is -2.37. The number of halogens is 3. The molecular weight excluding hydrogens is 341 g/mol. The Morgan fingerprint density at radius 3 is 2.83 bits per heavy atom. The van der Waals surface area contributed by atoms with Crippen molar-refractivity contribution in [3.05, 3.63) is 33.3 Å². The van der Waals surface area contributed by atoms with Crippen molar-refractivity contribution in [1.29, 1.82) is 0 Å². The topological polar surface area (TPSA) is 38.3 Å². The van der Waals surface area contributed by atoms with Crippen LogP contribution in [0.1, 0.15) is 16.8 Å². The highest BCUT2D eigenvalue weighted by Gasteiger charge is 2.15. The molecule has 6 heteroatoms. The third kappa shape index (κ3) is 4.76. The average Bonchev–Trinajstić information content (AvgIpc) is 2.34. The van der Waals surface area contributed by atoms with Crippen LogP contribution in [0.3, 0.4) is 0 Å². The Balaban J connectivity index is 2.68. The fourth-order valence-corrected chi connectivity index (χ4v) is 2.38. The van der Waals surface area contributed by atoms with Gasteiger partial charge >= 0.3 is 0 Å². The zero-order chi connectivity index (χ0) is 13.5. The first-order valence-electron chi connectivity index (χ1n) is 5.39. The number of ether oxygens (including phenoxy) is 1. The number of benzene rings is 1. The molecule has 1 aromatic carbocycles. The fourth-order valence-electron chi connectivity index (χ4n) is 1.38. The molecule has 0 saturated carbocycles. The number of alkyl halides is 1. The molecule has 0 fully saturated rings. The van der Waals surface area contributed by atoms with Gasteiger partial charge < -0.3 is 10.1 Å². The van der Waals surface area contributed by atoms with Gasteiger partial charge in [0, 0.05) is 30.1 Å². The van der Waals surface area contributed by atoms with E-state index in [1.807, 2.05) is 0 Å². The number of hydrogen-bond acceptors (Lipinski definition) is 2. The maximum atomic E-state index is 12.0. The Kier molecular flexibility index (Phi) is 7.00. The van der Waals surface area contributed by atoms with Crippen molar-refractivity contribution in [3.63, 3.8) is 0 Å². The Hall–Kier alpha value is -0.290. The third-order valence-corrected chi connectivity index (χ3v) is 3.55. The summed E-state index contributed by atoms with van der Waals surface area (Å²) in [5, 5.41) is 3.23. The lowest BCUT2D eigenvalue weighted by atomic mass is 10.2. The molecule has 0 aliphatic rings. The largest absolute Gasteiger partial charge is 0.385 e. The molecule has 1 atom stereocenters. The van der Waals surface area contributed by atoms with Crippen molar-refractivity contribution in [2.75, 3.05) is 19.6 Å². The molecule has 0 aliphatic heterocycles.